The van der Waals surface area contributed by atoms with Crippen LogP contribution in [0.1, 0.15) is 12.8 Å². The Morgan fingerprint density at radius 1 is 1.26 bits per heavy atom. The topological polar surface area (TPSA) is 61.5 Å². The van der Waals surface area contributed by atoms with E-state index >= 15 is 0 Å². The summed E-state index contributed by atoms with van der Waals surface area (Å²) in [5.41, 5.74) is 4.62. The number of rotatable bonds is 4. The minimum absolute atomic E-state index is 0.216. The van der Waals surface area contributed by atoms with Crippen LogP contribution in [0.2, 0.25) is 0 Å². The maximum absolute atomic E-state index is 11.8. The molecule has 0 aliphatic heterocycles. The molecule has 0 saturated heterocycles. The van der Waals surface area contributed by atoms with Gasteiger partial charge in [0.25, 0.3) is 5.72 Å². The highest BCUT2D eigenvalue weighted by atomic mass is 16.6. The average molecular weight is 257 g/mol. The van der Waals surface area contributed by atoms with E-state index in [0.717, 1.165) is 18.6 Å². The summed E-state index contributed by atoms with van der Waals surface area (Å²) in [6.45, 7) is 0. The molecule has 2 aliphatic rings. The summed E-state index contributed by atoms with van der Waals surface area (Å²) >= 11 is 0. The van der Waals surface area contributed by atoms with Gasteiger partial charge in [0.1, 0.15) is 5.75 Å². The average Bonchev–Trinajstić information content (AvgIpc) is 2.93. The molecule has 1 aromatic rings. The molecule has 2 atom stereocenters. The van der Waals surface area contributed by atoms with Crippen LogP contribution in [0.15, 0.2) is 54.3 Å². The van der Waals surface area contributed by atoms with E-state index < -0.39 is 11.8 Å². The van der Waals surface area contributed by atoms with Gasteiger partial charge < -0.3 is 9.47 Å². The van der Waals surface area contributed by atoms with Crippen LogP contribution in [-0.2, 0) is 9.53 Å². The van der Waals surface area contributed by atoms with Crippen LogP contribution >= 0.6 is 0 Å². The number of para-hydroxylation sites is 1. The van der Waals surface area contributed by atoms with Gasteiger partial charge in [-0.2, -0.15) is 0 Å². The fraction of sp³-hybridized carbons (Fsp3) is 0.267. The SMILES string of the molecule is NC1(OC2=CC=CCC2)C(=O)C1Oc1ccccc1. The molecule has 2 unspecified atom stereocenters. The van der Waals surface area contributed by atoms with Gasteiger partial charge >= 0.3 is 0 Å². The third-order valence-corrected chi connectivity index (χ3v) is 3.20. The summed E-state index contributed by atoms with van der Waals surface area (Å²) in [6, 6.07) is 9.14. The van der Waals surface area contributed by atoms with Crippen molar-refractivity contribution < 1.29 is 14.3 Å². The largest absolute Gasteiger partial charge is 0.476 e. The number of benzene rings is 1. The number of nitrogens with two attached hydrogens (primary N) is 1. The summed E-state index contributed by atoms with van der Waals surface area (Å²) < 4.78 is 11.1. The first kappa shape index (κ1) is 12.0. The summed E-state index contributed by atoms with van der Waals surface area (Å²) in [5, 5.41) is 0. The van der Waals surface area contributed by atoms with Crippen LogP contribution in [0.3, 0.4) is 0 Å². The minimum Gasteiger partial charge on any atom is -0.476 e. The Morgan fingerprint density at radius 2 is 2.05 bits per heavy atom. The number of Topliss-reactive ketones (excluding diaryl/α,β-unsaturated/α-hetero) is 1. The lowest BCUT2D eigenvalue weighted by atomic mass is 10.2. The molecule has 4 nitrogen and oxygen atoms in total. The van der Waals surface area contributed by atoms with E-state index in [1.165, 1.54) is 0 Å². The van der Waals surface area contributed by atoms with Crippen molar-refractivity contribution in [2.45, 2.75) is 24.7 Å². The van der Waals surface area contributed by atoms with Crippen LogP contribution in [0.4, 0.5) is 0 Å². The molecular weight excluding hydrogens is 242 g/mol. The van der Waals surface area contributed by atoms with E-state index in [4.69, 9.17) is 15.2 Å². The third kappa shape index (κ3) is 2.27. The molecule has 98 valence electrons. The number of hydrogen-bond acceptors (Lipinski definition) is 4. The number of carbonyl (C=O) groups excluding carboxylic acids is 1. The highest BCUT2D eigenvalue weighted by molar-refractivity contribution is 6.09. The van der Waals surface area contributed by atoms with E-state index in [-0.39, 0.29) is 5.78 Å². The second-order valence-electron chi connectivity index (χ2n) is 4.67. The molecule has 19 heavy (non-hydrogen) atoms. The van der Waals surface area contributed by atoms with Gasteiger partial charge in [0.2, 0.25) is 11.9 Å². The molecule has 4 heteroatoms. The van der Waals surface area contributed by atoms with Crippen molar-refractivity contribution in [3.05, 3.63) is 54.3 Å². The number of ketones is 1. The molecule has 0 bridgehead atoms. The van der Waals surface area contributed by atoms with E-state index in [1.54, 1.807) is 12.1 Å². The Labute approximate surface area is 111 Å². The lowest BCUT2D eigenvalue weighted by molar-refractivity contribution is -0.116. The number of carbonyl (C=O) groups is 1. The second-order valence-corrected chi connectivity index (χ2v) is 4.67. The molecule has 2 aliphatic carbocycles. The summed E-state index contributed by atoms with van der Waals surface area (Å²) in [4.78, 5) is 11.8. The zero-order valence-electron chi connectivity index (χ0n) is 10.4. The maximum atomic E-state index is 11.8. The molecule has 1 fully saturated rings. The normalized spacial score (nSPS) is 28.8. The fourth-order valence-electron chi connectivity index (χ4n) is 2.04. The highest BCUT2D eigenvalue weighted by Crippen LogP contribution is 2.37. The minimum atomic E-state index is -1.33. The molecule has 0 radical (unpaired) electrons. The third-order valence-electron chi connectivity index (χ3n) is 3.20. The number of hydrogen-bond donors (Lipinski definition) is 1. The van der Waals surface area contributed by atoms with E-state index in [9.17, 15) is 4.79 Å². The van der Waals surface area contributed by atoms with Crippen LogP contribution in [0.25, 0.3) is 0 Å². The molecular formula is C15H15NO3. The van der Waals surface area contributed by atoms with Crippen LogP contribution in [0.5, 0.6) is 5.75 Å². The van der Waals surface area contributed by atoms with E-state index in [0.29, 0.717) is 5.75 Å². The van der Waals surface area contributed by atoms with Gasteiger partial charge in [0, 0.05) is 6.42 Å². The van der Waals surface area contributed by atoms with Crippen molar-refractivity contribution in [1.82, 2.24) is 0 Å². The summed E-state index contributed by atoms with van der Waals surface area (Å²) in [7, 11) is 0. The first-order chi connectivity index (χ1) is 9.20. The van der Waals surface area contributed by atoms with E-state index in [1.807, 2.05) is 36.4 Å². The zero-order chi connectivity index (χ0) is 13.3. The van der Waals surface area contributed by atoms with Gasteiger partial charge in [-0.05, 0) is 24.6 Å². The van der Waals surface area contributed by atoms with Gasteiger partial charge in [-0.1, -0.05) is 30.4 Å². The smallest absolute Gasteiger partial charge is 0.265 e. The van der Waals surface area contributed by atoms with Crippen molar-refractivity contribution in [3.8, 4) is 5.75 Å². The van der Waals surface area contributed by atoms with Crippen molar-refractivity contribution in [2.24, 2.45) is 5.73 Å². The predicted octanol–water partition coefficient (Wildman–Crippen LogP) is 1.92. The van der Waals surface area contributed by atoms with Crippen molar-refractivity contribution in [3.63, 3.8) is 0 Å². The van der Waals surface area contributed by atoms with Gasteiger partial charge in [0.05, 0.1) is 5.76 Å². The standard InChI is InChI=1S/C15H15NO3/c16-15(19-12-9-5-2-6-10-12)13(17)14(15)18-11-7-3-1-4-8-11/h1-5,7-9,14H,6,10,16H2. The molecule has 1 aromatic carbocycles. The Balaban J connectivity index is 1.67. The van der Waals surface area contributed by atoms with Crippen LogP contribution < -0.4 is 10.5 Å². The molecule has 3 rings (SSSR count). The lowest BCUT2D eigenvalue weighted by Crippen LogP contribution is -2.33. The lowest BCUT2D eigenvalue weighted by Gasteiger charge is -2.16. The highest BCUT2D eigenvalue weighted by Gasteiger charge is 2.69. The molecule has 1 saturated carbocycles. The Bertz CT molecular complexity index is 550. The summed E-state index contributed by atoms with van der Waals surface area (Å²) in [6.07, 6.45) is 6.73. The van der Waals surface area contributed by atoms with Crippen molar-refractivity contribution in [1.29, 1.82) is 0 Å². The van der Waals surface area contributed by atoms with Gasteiger partial charge in [-0.3, -0.25) is 10.5 Å². The first-order valence-electron chi connectivity index (χ1n) is 6.30. The zero-order valence-corrected chi connectivity index (χ0v) is 10.4. The number of allylic oxidation sites excluding steroid dienone is 4. The molecule has 0 spiro atoms. The first-order valence-corrected chi connectivity index (χ1v) is 6.30. The van der Waals surface area contributed by atoms with Gasteiger partial charge in [0.15, 0.2) is 0 Å². The quantitative estimate of drug-likeness (QED) is 0.837. The Morgan fingerprint density at radius 3 is 2.74 bits per heavy atom. The Hall–Kier alpha value is -2.07. The number of ether oxygens (including phenoxy) is 2. The fourth-order valence-corrected chi connectivity index (χ4v) is 2.04. The van der Waals surface area contributed by atoms with Gasteiger partial charge in [-0.25, -0.2) is 0 Å². The summed E-state index contributed by atoms with van der Waals surface area (Å²) in [5.74, 6) is 1.14. The maximum Gasteiger partial charge on any atom is 0.265 e. The molecule has 0 heterocycles. The van der Waals surface area contributed by atoms with Crippen LogP contribution in [-0.4, -0.2) is 17.6 Å². The molecule has 0 aromatic heterocycles. The van der Waals surface area contributed by atoms with Crippen molar-refractivity contribution in [2.75, 3.05) is 0 Å². The second kappa shape index (κ2) is 4.55. The monoisotopic (exact) mass is 257 g/mol. The molecule has 0 amide bonds. The van der Waals surface area contributed by atoms with Crippen molar-refractivity contribution >= 4 is 5.78 Å². The van der Waals surface area contributed by atoms with E-state index in [2.05, 4.69) is 0 Å². The Kier molecular flexibility index (Phi) is 2.87. The predicted molar refractivity (Wildman–Crippen MR) is 70.3 cm³/mol. The van der Waals surface area contributed by atoms with Gasteiger partial charge in [-0.15, -0.1) is 0 Å². The molecule has 2 N–H and O–H groups in total. The van der Waals surface area contributed by atoms with Crippen LogP contribution in [0, 0.1) is 0 Å².